The largest absolute Gasteiger partial charge is 0.457 e. The van der Waals surface area contributed by atoms with Crippen LogP contribution in [0.5, 0.6) is 11.5 Å². The first-order valence-electron chi connectivity index (χ1n) is 10.2. The van der Waals surface area contributed by atoms with Crippen LogP contribution in [-0.4, -0.2) is 17.5 Å². The second-order valence-corrected chi connectivity index (χ2v) is 7.23. The molecule has 1 aromatic heterocycles. The van der Waals surface area contributed by atoms with Crippen molar-refractivity contribution in [1.29, 1.82) is 0 Å². The van der Waals surface area contributed by atoms with Gasteiger partial charge in [-0.1, -0.05) is 31.2 Å². The van der Waals surface area contributed by atoms with Crippen LogP contribution < -0.4 is 10.1 Å². The van der Waals surface area contributed by atoms with Crippen LogP contribution in [0.25, 0.3) is 0 Å². The van der Waals surface area contributed by atoms with Gasteiger partial charge in [0, 0.05) is 18.4 Å². The summed E-state index contributed by atoms with van der Waals surface area (Å²) in [4.78, 5) is 17.3. The molecule has 1 unspecified atom stereocenters. The zero-order chi connectivity index (χ0) is 21.5. The van der Waals surface area contributed by atoms with Crippen molar-refractivity contribution in [2.75, 3.05) is 11.9 Å². The molecule has 0 bridgehead atoms. The summed E-state index contributed by atoms with van der Waals surface area (Å²) in [5.74, 6) is 1.24. The van der Waals surface area contributed by atoms with Crippen LogP contribution in [0.4, 0.5) is 5.69 Å². The van der Waals surface area contributed by atoms with Crippen molar-refractivity contribution >= 4 is 11.6 Å². The number of amides is 1. The van der Waals surface area contributed by atoms with Gasteiger partial charge in [0.2, 0.25) is 0 Å². The number of nitrogens with zero attached hydrogens (tertiary/aromatic N) is 1. The monoisotopic (exact) mass is 404 g/mol. The summed E-state index contributed by atoms with van der Waals surface area (Å²) in [5.41, 5.74) is 3.74. The van der Waals surface area contributed by atoms with Crippen LogP contribution in [0, 0.1) is 13.8 Å². The Morgan fingerprint density at radius 1 is 1.07 bits per heavy atom. The number of benzene rings is 2. The summed E-state index contributed by atoms with van der Waals surface area (Å²) in [6, 6.07) is 18.8. The van der Waals surface area contributed by atoms with Gasteiger partial charge in [-0.25, -0.2) is 0 Å². The molecule has 0 radical (unpaired) electrons. The highest BCUT2D eigenvalue weighted by Gasteiger charge is 2.14. The van der Waals surface area contributed by atoms with Crippen molar-refractivity contribution in [2.45, 2.75) is 40.2 Å². The Balaban J connectivity index is 1.71. The quantitative estimate of drug-likeness (QED) is 0.483. The maximum Gasteiger partial charge on any atom is 0.257 e. The van der Waals surface area contributed by atoms with Crippen molar-refractivity contribution in [3.63, 3.8) is 0 Å². The first-order valence-corrected chi connectivity index (χ1v) is 10.2. The number of para-hydroxylation sites is 1. The minimum Gasteiger partial charge on any atom is -0.457 e. The SMILES string of the molecule is CCCOC(C)c1ccc(C(=O)Nc2cccc(Oc3ccccc3C)c2)c(C)n1. The van der Waals surface area contributed by atoms with Crippen LogP contribution in [-0.2, 0) is 4.74 Å². The predicted molar refractivity (Wildman–Crippen MR) is 119 cm³/mol. The number of hydrogen-bond donors (Lipinski definition) is 1. The summed E-state index contributed by atoms with van der Waals surface area (Å²) in [5, 5.41) is 2.93. The maximum atomic E-state index is 12.8. The lowest BCUT2D eigenvalue weighted by Crippen LogP contribution is -2.15. The molecule has 30 heavy (non-hydrogen) atoms. The fourth-order valence-corrected chi connectivity index (χ4v) is 3.06. The van der Waals surface area contributed by atoms with Gasteiger partial charge in [0.25, 0.3) is 5.91 Å². The van der Waals surface area contributed by atoms with Crippen LogP contribution >= 0.6 is 0 Å². The van der Waals surface area contributed by atoms with E-state index in [1.165, 1.54) is 0 Å². The van der Waals surface area contributed by atoms with Crippen LogP contribution in [0.3, 0.4) is 0 Å². The summed E-state index contributed by atoms with van der Waals surface area (Å²) in [6.45, 7) is 8.55. The molecule has 2 aromatic carbocycles. The van der Waals surface area contributed by atoms with Crippen molar-refractivity contribution < 1.29 is 14.3 Å². The smallest absolute Gasteiger partial charge is 0.257 e. The Labute approximate surface area is 178 Å². The molecule has 5 nitrogen and oxygen atoms in total. The fourth-order valence-electron chi connectivity index (χ4n) is 3.06. The molecule has 0 saturated carbocycles. The summed E-state index contributed by atoms with van der Waals surface area (Å²) < 4.78 is 11.7. The summed E-state index contributed by atoms with van der Waals surface area (Å²) in [6.07, 6.45) is 0.854. The van der Waals surface area contributed by atoms with Crippen molar-refractivity contribution in [3.05, 3.63) is 83.2 Å². The average molecular weight is 405 g/mol. The fraction of sp³-hybridized carbons (Fsp3) is 0.280. The first-order chi connectivity index (χ1) is 14.5. The number of anilines is 1. The van der Waals surface area contributed by atoms with Crippen molar-refractivity contribution in [1.82, 2.24) is 4.98 Å². The molecule has 0 aliphatic rings. The lowest BCUT2D eigenvalue weighted by molar-refractivity contribution is 0.0632. The van der Waals surface area contributed by atoms with E-state index in [0.717, 1.165) is 23.4 Å². The number of carbonyl (C=O) groups is 1. The van der Waals surface area contributed by atoms with E-state index in [0.29, 0.717) is 29.3 Å². The Morgan fingerprint density at radius 2 is 1.87 bits per heavy atom. The van der Waals surface area contributed by atoms with Crippen LogP contribution in [0.2, 0.25) is 0 Å². The molecular weight excluding hydrogens is 376 g/mol. The summed E-state index contributed by atoms with van der Waals surface area (Å²) >= 11 is 0. The second-order valence-electron chi connectivity index (χ2n) is 7.23. The Bertz CT molecular complexity index is 1020. The number of nitrogens with one attached hydrogen (secondary N) is 1. The van der Waals surface area contributed by atoms with E-state index in [-0.39, 0.29) is 12.0 Å². The predicted octanol–water partition coefficient (Wildman–Crippen LogP) is 6.23. The molecule has 0 fully saturated rings. The summed E-state index contributed by atoms with van der Waals surface area (Å²) in [7, 11) is 0. The average Bonchev–Trinajstić information content (AvgIpc) is 2.73. The number of pyridine rings is 1. The lowest BCUT2D eigenvalue weighted by atomic mass is 10.1. The minimum absolute atomic E-state index is 0.101. The second kappa shape index (κ2) is 10.0. The van der Waals surface area contributed by atoms with E-state index in [1.54, 1.807) is 6.07 Å². The van der Waals surface area contributed by atoms with Gasteiger partial charge in [-0.05, 0) is 63.1 Å². The highest BCUT2D eigenvalue weighted by molar-refractivity contribution is 6.05. The molecule has 3 rings (SSSR count). The maximum absolute atomic E-state index is 12.8. The first kappa shape index (κ1) is 21.5. The van der Waals surface area contributed by atoms with Crippen LogP contribution in [0.1, 0.15) is 53.7 Å². The zero-order valence-electron chi connectivity index (χ0n) is 17.9. The third-order valence-corrected chi connectivity index (χ3v) is 4.75. The van der Waals surface area contributed by atoms with Gasteiger partial charge in [-0.2, -0.15) is 0 Å². The molecule has 5 heteroatoms. The molecule has 0 aliphatic heterocycles. The van der Waals surface area contributed by atoms with Crippen molar-refractivity contribution in [3.8, 4) is 11.5 Å². The number of rotatable bonds is 8. The number of ether oxygens (including phenoxy) is 2. The minimum atomic E-state index is -0.207. The van der Waals surface area contributed by atoms with Gasteiger partial charge in [-0.3, -0.25) is 9.78 Å². The van der Waals surface area contributed by atoms with E-state index in [4.69, 9.17) is 9.47 Å². The van der Waals surface area contributed by atoms with Gasteiger partial charge >= 0.3 is 0 Å². The molecule has 0 aliphatic carbocycles. The standard InChI is InChI=1S/C25H28N2O3/c1-5-15-29-19(4)23-14-13-22(18(3)26-23)25(28)27-20-10-8-11-21(16-20)30-24-12-7-6-9-17(24)2/h6-14,16,19H,5,15H2,1-4H3,(H,27,28). The molecule has 1 N–H and O–H groups in total. The molecule has 1 atom stereocenters. The molecule has 1 amide bonds. The Morgan fingerprint density at radius 3 is 2.60 bits per heavy atom. The normalized spacial score (nSPS) is 11.7. The molecular formula is C25H28N2O3. The molecule has 1 heterocycles. The van der Waals surface area contributed by atoms with Crippen molar-refractivity contribution in [2.24, 2.45) is 0 Å². The topological polar surface area (TPSA) is 60.5 Å². The number of aromatic nitrogens is 1. The lowest BCUT2D eigenvalue weighted by Gasteiger charge is -2.14. The van der Waals surface area contributed by atoms with E-state index in [1.807, 2.05) is 75.4 Å². The van der Waals surface area contributed by atoms with Gasteiger partial charge in [0.05, 0.1) is 23.1 Å². The van der Waals surface area contributed by atoms with Gasteiger partial charge in [-0.15, -0.1) is 0 Å². The third kappa shape index (κ3) is 5.45. The highest BCUT2D eigenvalue weighted by atomic mass is 16.5. The number of hydrogen-bond acceptors (Lipinski definition) is 4. The van der Waals surface area contributed by atoms with E-state index in [9.17, 15) is 4.79 Å². The van der Waals surface area contributed by atoms with Gasteiger partial charge < -0.3 is 14.8 Å². The molecule has 0 spiro atoms. The molecule has 156 valence electrons. The highest BCUT2D eigenvalue weighted by Crippen LogP contribution is 2.27. The third-order valence-electron chi connectivity index (χ3n) is 4.75. The molecule has 3 aromatic rings. The van der Waals surface area contributed by atoms with Gasteiger partial charge in [0.1, 0.15) is 11.5 Å². The molecule has 0 saturated heterocycles. The number of carbonyl (C=O) groups excluding carboxylic acids is 1. The van der Waals surface area contributed by atoms with E-state index >= 15 is 0 Å². The Kier molecular flexibility index (Phi) is 7.20. The zero-order valence-corrected chi connectivity index (χ0v) is 17.9. The van der Waals surface area contributed by atoms with E-state index in [2.05, 4.69) is 17.2 Å². The van der Waals surface area contributed by atoms with Gasteiger partial charge in [0.15, 0.2) is 0 Å². The number of aryl methyl sites for hydroxylation is 2. The Hall–Kier alpha value is -3.18. The van der Waals surface area contributed by atoms with E-state index < -0.39 is 0 Å². The van der Waals surface area contributed by atoms with Crippen LogP contribution in [0.15, 0.2) is 60.7 Å².